The maximum atomic E-state index is 6.37. The number of hydrogen-bond acceptors (Lipinski definition) is 2. The quantitative estimate of drug-likeness (QED) is 0.630. The fraction of sp³-hybridized carbons (Fsp3) is 0.667. The molecule has 1 nitrogen and oxygen atoms in total. The van der Waals surface area contributed by atoms with Crippen LogP contribution in [0, 0.1) is 0 Å². The van der Waals surface area contributed by atoms with Crippen molar-refractivity contribution in [2.75, 3.05) is 0 Å². The van der Waals surface area contributed by atoms with Crippen LogP contribution in [0.4, 0.5) is 0 Å². The SMILES string of the molecule is ClC1CCCCCC1NCc1ccsc1. The minimum absolute atomic E-state index is 0.325. The van der Waals surface area contributed by atoms with Crippen LogP contribution < -0.4 is 5.32 Å². The lowest BCUT2D eigenvalue weighted by atomic mass is 10.1. The van der Waals surface area contributed by atoms with Crippen LogP contribution in [0.15, 0.2) is 16.8 Å². The van der Waals surface area contributed by atoms with E-state index in [9.17, 15) is 0 Å². The van der Waals surface area contributed by atoms with Gasteiger partial charge in [0.1, 0.15) is 0 Å². The van der Waals surface area contributed by atoms with Crippen molar-refractivity contribution < 1.29 is 0 Å². The Hall–Kier alpha value is -0.0500. The van der Waals surface area contributed by atoms with Gasteiger partial charge in [-0.2, -0.15) is 11.3 Å². The van der Waals surface area contributed by atoms with Crippen molar-refractivity contribution in [2.24, 2.45) is 0 Å². The van der Waals surface area contributed by atoms with Crippen molar-refractivity contribution in [3.8, 4) is 0 Å². The summed E-state index contributed by atoms with van der Waals surface area (Å²) in [7, 11) is 0. The van der Waals surface area contributed by atoms with Crippen molar-refractivity contribution in [1.29, 1.82) is 0 Å². The van der Waals surface area contributed by atoms with Gasteiger partial charge in [-0.25, -0.2) is 0 Å². The number of alkyl halides is 1. The van der Waals surface area contributed by atoms with Crippen LogP contribution >= 0.6 is 22.9 Å². The third-order valence-electron chi connectivity index (χ3n) is 3.08. The number of hydrogen-bond donors (Lipinski definition) is 1. The average Bonchev–Trinajstić information content (AvgIpc) is 2.67. The molecule has 0 bridgehead atoms. The number of nitrogens with one attached hydrogen (secondary N) is 1. The second-order valence-corrected chi connectivity index (χ2v) is 5.61. The highest BCUT2D eigenvalue weighted by atomic mass is 35.5. The second kappa shape index (κ2) is 5.88. The summed E-state index contributed by atoms with van der Waals surface area (Å²) in [5.74, 6) is 0. The molecule has 0 aliphatic heterocycles. The van der Waals surface area contributed by atoms with Gasteiger partial charge in [-0.05, 0) is 35.2 Å². The van der Waals surface area contributed by atoms with E-state index in [1.807, 2.05) is 0 Å². The lowest BCUT2D eigenvalue weighted by Gasteiger charge is -2.20. The van der Waals surface area contributed by atoms with Crippen LogP contribution in [-0.4, -0.2) is 11.4 Å². The predicted molar refractivity (Wildman–Crippen MR) is 67.7 cm³/mol. The first-order valence-corrected chi connectivity index (χ1v) is 7.13. The molecular weight excluding hydrogens is 226 g/mol. The summed E-state index contributed by atoms with van der Waals surface area (Å²) in [6.45, 7) is 0.970. The van der Waals surface area contributed by atoms with E-state index in [4.69, 9.17) is 11.6 Å². The van der Waals surface area contributed by atoms with Crippen molar-refractivity contribution in [2.45, 2.75) is 50.1 Å². The summed E-state index contributed by atoms with van der Waals surface area (Å²) in [6, 6.07) is 2.69. The highest BCUT2D eigenvalue weighted by Crippen LogP contribution is 2.22. The number of halogens is 1. The molecule has 0 saturated heterocycles. The molecule has 2 unspecified atom stereocenters. The molecular formula is C12H18ClNS. The molecule has 1 aromatic rings. The van der Waals surface area contributed by atoms with E-state index in [0.717, 1.165) is 6.54 Å². The van der Waals surface area contributed by atoms with E-state index in [1.165, 1.54) is 37.7 Å². The zero-order valence-corrected chi connectivity index (χ0v) is 10.5. The van der Waals surface area contributed by atoms with Crippen LogP contribution in [0.3, 0.4) is 0 Å². The first kappa shape index (κ1) is 11.4. The number of thiophene rings is 1. The summed E-state index contributed by atoms with van der Waals surface area (Å²) >= 11 is 8.13. The van der Waals surface area contributed by atoms with E-state index < -0.39 is 0 Å². The molecule has 1 saturated carbocycles. The average molecular weight is 244 g/mol. The van der Waals surface area contributed by atoms with Gasteiger partial charge in [0, 0.05) is 18.0 Å². The second-order valence-electron chi connectivity index (χ2n) is 4.27. The molecule has 15 heavy (non-hydrogen) atoms. The van der Waals surface area contributed by atoms with Gasteiger partial charge in [-0.1, -0.05) is 19.3 Å². The minimum atomic E-state index is 0.325. The molecule has 1 fully saturated rings. The van der Waals surface area contributed by atoms with E-state index >= 15 is 0 Å². The van der Waals surface area contributed by atoms with Gasteiger partial charge >= 0.3 is 0 Å². The van der Waals surface area contributed by atoms with Gasteiger partial charge in [-0.15, -0.1) is 11.6 Å². The van der Waals surface area contributed by atoms with E-state index in [0.29, 0.717) is 11.4 Å². The predicted octanol–water partition coefficient (Wildman–Crippen LogP) is 3.78. The van der Waals surface area contributed by atoms with Crippen molar-refractivity contribution >= 4 is 22.9 Å². The van der Waals surface area contributed by atoms with Crippen molar-refractivity contribution in [3.63, 3.8) is 0 Å². The Morgan fingerprint density at radius 1 is 1.33 bits per heavy atom. The minimum Gasteiger partial charge on any atom is -0.308 e. The van der Waals surface area contributed by atoms with Crippen molar-refractivity contribution in [1.82, 2.24) is 5.32 Å². The third-order valence-corrected chi connectivity index (χ3v) is 4.33. The molecule has 84 valence electrons. The van der Waals surface area contributed by atoms with Gasteiger partial charge in [0.25, 0.3) is 0 Å². The Balaban J connectivity index is 1.81. The normalized spacial score (nSPS) is 27.5. The Labute approximate surface area is 101 Å². The molecule has 3 heteroatoms. The molecule has 1 heterocycles. The smallest absolute Gasteiger partial charge is 0.0489 e. The summed E-state index contributed by atoms with van der Waals surface area (Å²) in [5, 5.41) is 8.24. The maximum Gasteiger partial charge on any atom is 0.0489 e. The molecule has 0 aromatic carbocycles. The Bertz CT molecular complexity index is 273. The highest BCUT2D eigenvalue weighted by Gasteiger charge is 2.20. The zero-order valence-electron chi connectivity index (χ0n) is 8.92. The molecule has 1 aromatic heterocycles. The lowest BCUT2D eigenvalue weighted by molar-refractivity contribution is 0.465. The fourth-order valence-corrected chi connectivity index (χ4v) is 3.17. The largest absolute Gasteiger partial charge is 0.308 e. The van der Waals surface area contributed by atoms with Gasteiger partial charge in [-0.3, -0.25) is 0 Å². The molecule has 1 N–H and O–H groups in total. The molecule has 0 radical (unpaired) electrons. The van der Waals surface area contributed by atoms with Gasteiger partial charge in [0.15, 0.2) is 0 Å². The van der Waals surface area contributed by atoms with Crippen LogP contribution in [-0.2, 0) is 6.54 Å². The molecule has 1 aliphatic carbocycles. The highest BCUT2D eigenvalue weighted by molar-refractivity contribution is 7.07. The maximum absolute atomic E-state index is 6.37. The van der Waals surface area contributed by atoms with Crippen LogP contribution in [0.25, 0.3) is 0 Å². The Morgan fingerprint density at radius 3 is 3.00 bits per heavy atom. The van der Waals surface area contributed by atoms with Crippen LogP contribution in [0.1, 0.15) is 37.7 Å². The third kappa shape index (κ3) is 3.47. The van der Waals surface area contributed by atoms with E-state index in [2.05, 4.69) is 22.1 Å². The lowest BCUT2D eigenvalue weighted by Crippen LogP contribution is -2.35. The first-order valence-electron chi connectivity index (χ1n) is 5.75. The molecule has 2 atom stereocenters. The summed E-state index contributed by atoms with van der Waals surface area (Å²) in [4.78, 5) is 0. The molecule has 2 rings (SSSR count). The molecule has 0 spiro atoms. The van der Waals surface area contributed by atoms with Crippen molar-refractivity contribution in [3.05, 3.63) is 22.4 Å². The van der Waals surface area contributed by atoms with Crippen LogP contribution in [0.2, 0.25) is 0 Å². The standard InChI is InChI=1S/C12H18ClNS/c13-11-4-2-1-3-5-12(11)14-8-10-6-7-15-9-10/h6-7,9,11-12,14H,1-5,8H2. The Kier molecular flexibility index (Phi) is 4.48. The molecule has 1 aliphatic rings. The summed E-state index contributed by atoms with van der Waals surface area (Å²) in [6.07, 6.45) is 6.37. The molecule has 0 amide bonds. The summed E-state index contributed by atoms with van der Waals surface area (Å²) < 4.78 is 0. The fourth-order valence-electron chi connectivity index (χ4n) is 2.13. The first-order chi connectivity index (χ1) is 7.36. The topological polar surface area (TPSA) is 12.0 Å². The van der Waals surface area contributed by atoms with Gasteiger partial charge in [0.05, 0.1) is 0 Å². The van der Waals surface area contributed by atoms with E-state index in [1.54, 1.807) is 11.3 Å². The summed E-state index contributed by atoms with van der Waals surface area (Å²) in [5.41, 5.74) is 1.38. The number of rotatable bonds is 3. The van der Waals surface area contributed by atoms with Gasteiger partial charge < -0.3 is 5.32 Å². The monoisotopic (exact) mass is 243 g/mol. The van der Waals surface area contributed by atoms with Crippen LogP contribution in [0.5, 0.6) is 0 Å². The zero-order chi connectivity index (χ0) is 10.5. The van der Waals surface area contributed by atoms with Gasteiger partial charge in [0.2, 0.25) is 0 Å². The Morgan fingerprint density at radius 2 is 2.20 bits per heavy atom. The van der Waals surface area contributed by atoms with E-state index in [-0.39, 0.29) is 0 Å².